The summed E-state index contributed by atoms with van der Waals surface area (Å²) in [5, 5.41) is 2.38. The van der Waals surface area contributed by atoms with Crippen molar-refractivity contribution < 1.29 is 37.0 Å². The van der Waals surface area contributed by atoms with Crippen LogP contribution in [0, 0.1) is 0 Å². The lowest BCUT2D eigenvalue weighted by atomic mass is 10.1. The monoisotopic (exact) mass is 383 g/mol. The second-order valence-corrected chi connectivity index (χ2v) is 5.26. The van der Waals surface area contributed by atoms with Crippen molar-refractivity contribution in [3.05, 3.63) is 53.6 Å². The molecule has 0 bridgehead atoms. The number of halogens is 3. The van der Waals surface area contributed by atoms with Crippen LogP contribution in [0.2, 0.25) is 0 Å². The number of rotatable bonds is 6. The molecular weight excluding hydrogens is 367 g/mol. The molecule has 144 valence electrons. The van der Waals surface area contributed by atoms with Gasteiger partial charge in [-0.25, -0.2) is 4.79 Å². The first-order chi connectivity index (χ1) is 12.7. The molecule has 0 heterocycles. The molecule has 0 radical (unpaired) electrons. The number of carbonyl (C=O) groups is 2. The molecule has 0 aliphatic heterocycles. The van der Waals surface area contributed by atoms with E-state index >= 15 is 0 Å². The maximum Gasteiger partial charge on any atom is 0.416 e. The summed E-state index contributed by atoms with van der Waals surface area (Å²) in [5.41, 5.74) is -0.784. The SMILES string of the molecule is COC(=O)COc1cc(C(=O)Nc2cccc(C(F)(F)F)c2)ccc1OC. The minimum Gasteiger partial charge on any atom is -0.493 e. The molecule has 0 spiro atoms. The molecule has 0 saturated carbocycles. The summed E-state index contributed by atoms with van der Waals surface area (Å²) in [6.07, 6.45) is -4.52. The molecule has 0 saturated heterocycles. The predicted octanol–water partition coefficient (Wildman–Crippen LogP) is 3.52. The summed E-state index contributed by atoms with van der Waals surface area (Å²) in [5.74, 6) is -0.898. The van der Waals surface area contributed by atoms with Gasteiger partial charge in [0.15, 0.2) is 18.1 Å². The van der Waals surface area contributed by atoms with Gasteiger partial charge in [-0.2, -0.15) is 13.2 Å². The van der Waals surface area contributed by atoms with E-state index in [4.69, 9.17) is 9.47 Å². The van der Waals surface area contributed by atoms with Gasteiger partial charge in [0.05, 0.1) is 19.8 Å². The largest absolute Gasteiger partial charge is 0.493 e. The predicted molar refractivity (Wildman–Crippen MR) is 89.9 cm³/mol. The summed E-state index contributed by atoms with van der Waals surface area (Å²) in [7, 11) is 2.57. The van der Waals surface area contributed by atoms with Crippen molar-refractivity contribution in [2.75, 3.05) is 26.1 Å². The number of anilines is 1. The normalized spacial score (nSPS) is 10.9. The van der Waals surface area contributed by atoms with E-state index in [1.54, 1.807) is 0 Å². The standard InChI is InChI=1S/C18H16F3NO5/c1-25-14-7-6-11(8-15(14)27-10-16(23)26-2)17(24)22-13-5-3-4-12(9-13)18(19,20)21/h3-9H,10H2,1-2H3,(H,22,24). The number of benzene rings is 2. The second kappa shape index (κ2) is 8.43. The van der Waals surface area contributed by atoms with Gasteiger partial charge in [0, 0.05) is 11.3 Å². The number of nitrogens with one attached hydrogen (secondary N) is 1. The second-order valence-electron chi connectivity index (χ2n) is 5.26. The first-order valence-corrected chi connectivity index (χ1v) is 7.61. The Morgan fingerprint density at radius 2 is 1.78 bits per heavy atom. The number of ether oxygens (including phenoxy) is 3. The van der Waals surface area contributed by atoms with E-state index in [9.17, 15) is 22.8 Å². The van der Waals surface area contributed by atoms with Crippen molar-refractivity contribution in [1.82, 2.24) is 0 Å². The van der Waals surface area contributed by atoms with Gasteiger partial charge in [0.2, 0.25) is 0 Å². The third kappa shape index (κ3) is 5.37. The van der Waals surface area contributed by atoms with E-state index in [1.165, 1.54) is 44.6 Å². The highest BCUT2D eigenvalue weighted by atomic mass is 19.4. The number of alkyl halides is 3. The molecule has 9 heteroatoms. The van der Waals surface area contributed by atoms with Crippen molar-refractivity contribution in [2.24, 2.45) is 0 Å². The summed E-state index contributed by atoms with van der Waals surface area (Å²) in [6.45, 7) is -0.397. The highest BCUT2D eigenvalue weighted by molar-refractivity contribution is 6.04. The number of esters is 1. The molecule has 2 aromatic carbocycles. The van der Waals surface area contributed by atoms with E-state index in [2.05, 4.69) is 10.1 Å². The van der Waals surface area contributed by atoms with Gasteiger partial charge in [-0.3, -0.25) is 4.79 Å². The number of methoxy groups -OCH3 is 2. The van der Waals surface area contributed by atoms with Gasteiger partial charge >= 0.3 is 12.1 Å². The average Bonchev–Trinajstić information content (AvgIpc) is 2.65. The van der Waals surface area contributed by atoms with Crippen molar-refractivity contribution in [2.45, 2.75) is 6.18 Å². The van der Waals surface area contributed by atoms with Gasteiger partial charge in [0.1, 0.15) is 0 Å². The maximum absolute atomic E-state index is 12.8. The van der Waals surface area contributed by atoms with Crippen molar-refractivity contribution in [3.8, 4) is 11.5 Å². The molecule has 27 heavy (non-hydrogen) atoms. The fourth-order valence-corrected chi connectivity index (χ4v) is 2.10. The summed E-state index contributed by atoms with van der Waals surface area (Å²) in [6, 6.07) is 8.42. The zero-order chi connectivity index (χ0) is 20.0. The quantitative estimate of drug-likeness (QED) is 0.773. The molecular formula is C18H16F3NO5. The zero-order valence-electron chi connectivity index (χ0n) is 14.4. The summed E-state index contributed by atoms with van der Waals surface area (Å²) < 4.78 is 53.1. The van der Waals surface area contributed by atoms with E-state index in [1.807, 2.05) is 0 Å². The van der Waals surface area contributed by atoms with Gasteiger partial charge in [0.25, 0.3) is 5.91 Å². The molecule has 0 atom stereocenters. The van der Waals surface area contributed by atoms with Crippen LogP contribution >= 0.6 is 0 Å². The van der Waals surface area contributed by atoms with Gasteiger partial charge in [-0.1, -0.05) is 6.07 Å². The van der Waals surface area contributed by atoms with Crippen LogP contribution in [-0.4, -0.2) is 32.7 Å². The molecule has 0 aliphatic rings. The number of hydrogen-bond donors (Lipinski definition) is 1. The average molecular weight is 383 g/mol. The van der Waals surface area contributed by atoms with Gasteiger partial charge < -0.3 is 19.5 Å². The van der Waals surface area contributed by atoms with Crippen LogP contribution in [-0.2, 0) is 15.7 Å². The fourth-order valence-electron chi connectivity index (χ4n) is 2.10. The van der Waals surface area contributed by atoms with Crippen LogP contribution < -0.4 is 14.8 Å². The van der Waals surface area contributed by atoms with Crippen molar-refractivity contribution in [1.29, 1.82) is 0 Å². The van der Waals surface area contributed by atoms with E-state index in [0.29, 0.717) is 0 Å². The van der Waals surface area contributed by atoms with Crippen LogP contribution in [0.3, 0.4) is 0 Å². The third-order valence-corrected chi connectivity index (χ3v) is 3.45. The lowest BCUT2D eigenvalue weighted by Gasteiger charge is -2.12. The minimum absolute atomic E-state index is 0.0114. The molecule has 2 rings (SSSR count). The topological polar surface area (TPSA) is 73.9 Å². The molecule has 0 fully saturated rings. The van der Waals surface area contributed by atoms with Gasteiger partial charge in [-0.15, -0.1) is 0 Å². The van der Waals surface area contributed by atoms with Crippen LogP contribution in [0.15, 0.2) is 42.5 Å². The maximum atomic E-state index is 12.8. The zero-order valence-corrected chi connectivity index (χ0v) is 14.4. The van der Waals surface area contributed by atoms with E-state index in [0.717, 1.165) is 12.1 Å². The fraction of sp³-hybridized carbons (Fsp3) is 0.222. The Hall–Kier alpha value is -3.23. The van der Waals surface area contributed by atoms with Crippen LogP contribution in [0.4, 0.5) is 18.9 Å². The van der Waals surface area contributed by atoms with Crippen molar-refractivity contribution in [3.63, 3.8) is 0 Å². The molecule has 0 aliphatic carbocycles. The molecule has 2 aromatic rings. The summed E-state index contributed by atoms with van der Waals surface area (Å²) in [4.78, 5) is 23.5. The highest BCUT2D eigenvalue weighted by Gasteiger charge is 2.30. The van der Waals surface area contributed by atoms with Crippen molar-refractivity contribution >= 4 is 17.6 Å². The Morgan fingerprint density at radius 1 is 1.04 bits per heavy atom. The molecule has 1 N–H and O–H groups in total. The van der Waals surface area contributed by atoms with Crippen LogP contribution in [0.5, 0.6) is 11.5 Å². The number of amides is 1. The Morgan fingerprint density at radius 3 is 2.41 bits per heavy atom. The van der Waals surface area contributed by atoms with Gasteiger partial charge in [-0.05, 0) is 36.4 Å². The highest BCUT2D eigenvalue weighted by Crippen LogP contribution is 2.31. The third-order valence-electron chi connectivity index (χ3n) is 3.45. The molecule has 1 amide bonds. The lowest BCUT2D eigenvalue weighted by Crippen LogP contribution is -2.15. The Kier molecular flexibility index (Phi) is 6.27. The van der Waals surface area contributed by atoms with Crippen LogP contribution in [0.1, 0.15) is 15.9 Å². The number of hydrogen-bond acceptors (Lipinski definition) is 5. The number of carbonyl (C=O) groups excluding carboxylic acids is 2. The first-order valence-electron chi connectivity index (χ1n) is 7.61. The van der Waals surface area contributed by atoms with Crippen LogP contribution in [0.25, 0.3) is 0 Å². The van der Waals surface area contributed by atoms with E-state index < -0.39 is 30.2 Å². The summed E-state index contributed by atoms with van der Waals surface area (Å²) >= 11 is 0. The first kappa shape index (κ1) is 20.1. The Balaban J connectivity index is 2.20. The Labute approximate surface area is 152 Å². The lowest BCUT2D eigenvalue weighted by molar-refractivity contribution is -0.143. The molecule has 6 nitrogen and oxygen atoms in total. The Bertz CT molecular complexity index is 836. The smallest absolute Gasteiger partial charge is 0.416 e. The van der Waals surface area contributed by atoms with E-state index in [-0.39, 0.29) is 22.7 Å². The molecule has 0 aromatic heterocycles. The molecule has 0 unspecified atom stereocenters. The minimum atomic E-state index is -4.52.